The van der Waals surface area contributed by atoms with Crippen LogP contribution in [-0.2, 0) is 17.8 Å². The fourth-order valence-corrected chi connectivity index (χ4v) is 3.94. The summed E-state index contributed by atoms with van der Waals surface area (Å²) in [5.74, 6) is -0.110. The number of carbonyl (C=O) groups excluding carboxylic acids is 1. The third-order valence-electron chi connectivity index (χ3n) is 4.67. The molecule has 3 heterocycles. The lowest BCUT2D eigenvalue weighted by Crippen LogP contribution is -2.36. The van der Waals surface area contributed by atoms with E-state index in [1.54, 1.807) is 12.4 Å². The molecule has 144 valence electrons. The topological polar surface area (TPSA) is 67.4 Å². The van der Waals surface area contributed by atoms with E-state index in [0.717, 1.165) is 49.1 Å². The minimum Gasteiger partial charge on any atom is -0.379 e. The number of thiazole rings is 1. The Morgan fingerprint density at radius 3 is 2.64 bits per heavy atom. The van der Waals surface area contributed by atoms with Gasteiger partial charge in [-0.25, -0.2) is 4.98 Å². The summed E-state index contributed by atoms with van der Waals surface area (Å²) < 4.78 is 5.42. The number of amides is 1. The molecule has 3 aromatic rings. The second-order valence-electron chi connectivity index (χ2n) is 6.58. The predicted molar refractivity (Wildman–Crippen MR) is 109 cm³/mol. The fourth-order valence-electron chi connectivity index (χ4n) is 3.13. The fraction of sp³-hybridized carbons (Fsp3) is 0.286. The molecular weight excluding hydrogens is 372 g/mol. The van der Waals surface area contributed by atoms with E-state index in [1.165, 1.54) is 16.9 Å². The van der Waals surface area contributed by atoms with Gasteiger partial charge >= 0.3 is 0 Å². The van der Waals surface area contributed by atoms with Gasteiger partial charge < -0.3 is 10.1 Å². The highest BCUT2D eigenvalue weighted by Crippen LogP contribution is 2.23. The van der Waals surface area contributed by atoms with Crippen LogP contribution in [0.2, 0.25) is 0 Å². The molecular formula is C21H22N4O2S. The van der Waals surface area contributed by atoms with Crippen molar-refractivity contribution in [3.63, 3.8) is 0 Å². The van der Waals surface area contributed by atoms with Gasteiger partial charge in [0.1, 0.15) is 9.88 Å². The monoisotopic (exact) mass is 394 g/mol. The smallest absolute Gasteiger partial charge is 0.263 e. The van der Waals surface area contributed by atoms with Crippen molar-refractivity contribution in [1.29, 1.82) is 0 Å². The molecule has 1 aliphatic heterocycles. The van der Waals surface area contributed by atoms with Crippen LogP contribution in [0.15, 0.2) is 54.9 Å². The van der Waals surface area contributed by atoms with Gasteiger partial charge in [-0.1, -0.05) is 30.3 Å². The number of carbonyl (C=O) groups is 1. The van der Waals surface area contributed by atoms with Crippen LogP contribution < -0.4 is 5.32 Å². The number of pyridine rings is 1. The zero-order chi connectivity index (χ0) is 19.2. The number of nitrogens with one attached hydrogen (secondary N) is 1. The van der Waals surface area contributed by atoms with Gasteiger partial charge in [0.2, 0.25) is 0 Å². The molecule has 1 saturated heterocycles. The Labute approximate surface area is 168 Å². The normalized spacial score (nSPS) is 14.7. The maximum atomic E-state index is 12.6. The van der Waals surface area contributed by atoms with Crippen molar-refractivity contribution < 1.29 is 9.53 Å². The molecule has 0 radical (unpaired) electrons. The number of nitrogens with zero attached hydrogens (tertiary/aromatic N) is 3. The van der Waals surface area contributed by atoms with Gasteiger partial charge in [-0.2, -0.15) is 0 Å². The number of morpholine rings is 1. The molecule has 1 aliphatic rings. The van der Waals surface area contributed by atoms with Crippen molar-refractivity contribution in [2.24, 2.45) is 0 Å². The van der Waals surface area contributed by atoms with Gasteiger partial charge in [-0.05, 0) is 23.3 Å². The molecule has 1 N–H and O–H groups in total. The van der Waals surface area contributed by atoms with Crippen molar-refractivity contribution in [1.82, 2.24) is 20.2 Å². The molecule has 7 heteroatoms. The zero-order valence-electron chi connectivity index (χ0n) is 15.5. The van der Waals surface area contributed by atoms with Gasteiger partial charge in [0, 0.05) is 32.4 Å². The first-order chi connectivity index (χ1) is 13.8. The van der Waals surface area contributed by atoms with Gasteiger partial charge in [0.25, 0.3) is 5.91 Å². The summed E-state index contributed by atoms with van der Waals surface area (Å²) in [5.41, 5.74) is 3.15. The average molecular weight is 394 g/mol. The van der Waals surface area contributed by atoms with E-state index in [9.17, 15) is 4.79 Å². The number of hydrogen-bond acceptors (Lipinski definition) is 6. The summed E-state index contributed by atoms with van der Waals surface area (Å²) in [7, 11) is 0. The largest absolute Gasteiger partial charge is 0.379 e. The van der Waals surface area contributed by atoms with Crippen LogP contribution in [0.4, 0.5) is 0 Å². The maximum absolute atomic E-state index is 12.6. The Morgan fingerprint density at radius 2 is 1.86 bits per heavy atom. The zero-order valence-corrected chi connectivity index (χ0v) is 16.3. The molecule has 1 aromatic carbocycles. The molecule has 0 spiro atoms. The minimum atomic E-state index is -0.110. The molecule has 0 unspecified atom stereocenters. The molecule has 1 fully saturated rings. The first-order valence-corrected chi connectivity index (χ1v) is 10.1. The van der Waals surface area contributed by atoms with E-state index < -0.39 is 0 Å². The second kappa shape index (κ2) is 9.05. The lowest BCUT2D eigenvalue weighted by atomic mass is 10.1. The van der Waals surface area contributed by atoms with Crippen molar-refractivity contribution in [3.05, 3.63) is 70.9 Å². The van der Waals surface area contributed by atoms with Gasteiger partial charge in [0.15, 0.2) is 0 Å². The second-order valence-corrected chi connectivity index (χ2v) is 7.62. The molecule has 28 heavy (non-hydrogen) atoms. The Morgan fingerprint density at radius 1 is 1.07 bits per heavy atom. The molecule has 1 amide bonds. The summed E-state index contributed by atoms with van der Waals surface area (Å²) >= 11 is 1.35. The Bertz CT molecular complexity index is 923. The molecule has 4 rings (SSSR count). The predicted octanol–water partition coefficient (Wildman–Crippen LogP) is 2.97. The molecule has 0 saturated carbocycles. The van der Waals surface area contributed by atoms with E-state index in [1.807, 2.05) is 30.3 Å². The Hall–Kier alpha value is -2.61. The quantitative estimate of drug-likeness (QED) is 0.696. The third-order valence-corrected chi connectivity index (χ3v) is 5.69. The van der Waals surface area contributed by atoms with Crippen molar-refractivity contribution in [3.8, 4) is 10.7 Å². The Balaban J connectivity index is 1.39. The number of ether oxygens (including phenoxy) is 1. The standard InChI is InChI=1S/C21H22N4O2S/c26-20(19-14-24-21(28-19)18-7-3-4-8-22-18)23-13-16-5-1-2-6-17(16)15-25-9-11-27-12-10-25/h1-8,14H,9-13,15H2,(H,23,26). The van der Waals surface area contributed by atoms with Crippen molar-refractivity contribution in [2.45, 2.75) is 13.1 Å². The highest BCUT2D eigenvalue weighted by atomic mass is 32.1. The summed E-state index contributed by atoms with van der Waals surface area (Å²) in [6.45, 7) is 4.82. The van der Waals surface area contributed by atoms with Crippen molar-refractivity contribution in [2.75, 3.05) is 26.3 Å². The third kappa shape index (κ3) is 4.62. The highest BCUT2D eigenvalue weighted by Gasteiger charge is 2.15. The van der Waals surface area contributed by atoms with Crippen molar-refractivity contribution >= 4 is 17.2 Å². The summed E-state index contributed by atoms with van der Waals surface area (Å²) in [4.78, 5) is 24.2. The summed E-state index contributed by atoms with van der Waals surface area (Å²) in [5, 5.41) is 3.77. The first kappa shape index (κ1) is 18.7. The van der Waals surface area contributed by atoms with Gasteiger partial charge in [0.05, 0.1) is 25.1 Å². The van der Waals surface area contributed by atoms with Crippen LogP contribution in [0.1, 0.15) is 20.8 Å². The lowest BCUT2D eigenvalue weighted by molar-refractivity contribution is 0.0340. The van der Waals surface area contributed by atoms with E-state index in [0.29, 0.717) is 11.4 Å². The molecule has 6 nitrogen and oxygen atoms in total. The van der Waals surface area contributed by atoms with Crippen LogP contribution in [0.5, 0.6) is 0 Å². The lowest BCUT2D eigenvalue weighted by Gasteiger charge is -2.27. The van der Waals surface area contributed by atoms with Crippen LogP contribution in [0, 0.1) is 0 Å². The molecule has 0 atom stereocenters. The molecule has 2 aromatic heterocycles. The average Bonchev–Trinajstić information content (AvgIpc) is 3.25. The molecule has 0 aliphatic carbocycles. The Kier molecular flexibility index (Phi) is 6.06. The van der Waals surface area contributed by atoms with Crippen LogP contribution in [0.25, 0.3) is 10.7 Å². The molecule has 0 bridgehead atoms. The SMILES string of the molecule is O=C(NCc1ccccc1CN1CCOCC1)c1cnc(-c2ccccn2)s1. The van der Waals surface area contributed by atoms with E-state index in [4.69, 9.17) is 4.74 Å². The first-order valence-electron chi connectivity index (χ1n) is 9.32. The van der Waals surface area contributed by atoms with E-state index >= 15 is 0 Å². The van der Waals surface area contributed by atoms with Crippen LogP contribution in [-0.4, -0.2) is 47.1 Å². The number of rotatable bonds is 6. The van der Waals surface area contributed by atoms with Crippen LogP contribution in [0.3, 0.4) is 0 Å². The number of aromatic nitrogens is 2. The minimum absolute atomic E-state index is 0.110. The highest BCUT2D eigenvalue weighted by molar-refractivity contribution is 7.16. The van der Waals surface area contributed by atoms with E-state index in [2.05, 4.69) is 32.3 Å². The summed E-state index contributed by atoms with van der Waals surface area (Å²) in [6.07, 6.45) is 3.34. The maximum Gasteiger partial charge on any atom is 0.263 e. The van der Waals surface area contributed by atoms with Gasteiger partial charge in [-0.3, -0.25) is 14.7 Å². The van der Waals surface area contributed by atoms with Crippen LogP contribution >= 0.6 is 11.3 Å². The van der Waals surface area contributed by atoms with E-state index in [-0.39, 0.29) is 5.91 Å². The van der Waals surface area contributed by atoms with Gasteiger partial charge in [-0.15, -0.1) is 11.3 Å². The number of hydrogen-bond donors (Lipinski definition) is 1. The number of benzene rings is 1. The summed E-state index contributed by atoms with van der Waals surface area (Å²) in [6, 6.07) is 13.9.